The number of aromatic nitrogens is 1. The molecule has 0 bridgehead atoms. The van der Waals surface area contributed by atoms with E-state index in [1.807, 2.05) is 49.4 Å². The minimum absolute atomic E-state index is 0.170. The van der Waals surface area contributed by atoms with Gasteiger partial charge in [-0.3, -0.25) is 4.79 Å². The fraction of sp³-hybridized carbons (Fsp3) is 0.231. The van der Waals surface area contributed by atoms with E-state index in [1.54, 1.807) is 12.1 Å². The lowest BCUT2D eigenvalue weighted by molar-refractivity contribution is 0.0939. The van der Waals surface area contributed by atoms with Gasteiger partial charge in [0.25, 0.3) is 5.91 Å². The van der Waals surface area contributed by atoms with Gasteiger partial charge in [-0.1, -0.05) is 36.4 Å². The molecule has 0 saturated carbocycles. The molecule has 3 aromatic carbocycles. The highest BCUT2D eigenvalue weighted by atomic mass is 16.6. The van der Waals surface area contributed by atoms with Crippen molar-refractivity contribution in [1.29, 1.82) is 0 Å². The lowest BCUT2D eigenvalue weighted by atomic mass is 10.1. The lowest BCUT2D eigenvalue weighted by Crippen LogP contribution is -2.26. The van der Waals surface area contributed by atoms with Crippen LogP contribution >= 0.6 is 0 Å². The number of aryl methyl sites for hydroxylation is 2. The Morgan fingerprint density at radius 2 is 1.78 bits per heavy atom. The van der Waals surface area contributed by atoms with Crippen LogP contribution in [0.25, 0.3) is 11.1 Å². The van der Waals surface area contributed by atoms with Gasteiger partial charge in [-0.25, -0.2) is 4.98 Å². The van der Waals surface area contributed by atoms with Crippen molar-refractivity contribution >= 4 is 17.0 Å². The number of amides is 1. The highest BCUT2D eigenvalue weighted by Gasteiger charge is 2.17. The van der Waals surface area contributed by atoms with E-state index in [4.69, 9.17) is 13.9 Å². The Morgan fingerprint density at radius 3 is 2.62 bits per heavy atom. The molecular weight excluding hydrogens is 404 g/mol. The van der Waals surface area contributed by atoms with E-state index in [1.165, 1.54) is 5.56 Å². The summed E-state index contributed by atoms with van der Waals surface area (Å²) < 4.78 is 17.1. The number of carbonyl (C=O) groups excluding carboxylic acids is 1. The van der Waals surface area contributed by atoms with Gasteiger partial charge in [-0.2, -0.15) is 0 Å². The Balaban J connectivity index is 1.27. The fourth-order valence-electron chi connectivity index (χ4n) is 3.81. The van der Waals surface area contributed by atoms with Crippen molar-refractivity contribution in [3.8, 4) is 11.5 Å². The molecule has 1 aromatic heterocycles. The van der Waals surface area contributed by atoms with Crippen LogP contribution in [0.3, 0.4) is 0 Å². The first-order valence-electron chi connectivity index (χ1n) is 10.8. The van der Waals surface area contributed by atoms with E-state index in [9.17, 15) is 4.79 Å². The molecule has 5 rings (SSSR count). The summed E-state index contributed by atoms with van der Waals surface area (Å²) in [5.41, 5.74) is 4.10. The number of rotatable bonds is 6. The molecule has 32 heavy (non-hydrogen) atoms. The smallest absolute Gasteiger partial charge is 0.251 e. The van der Waals surface area contributed by atoms with Gasteiger partial charge in [0.2, 0.25) is 0 Å². The number of carbonyl (C=O) groups is 1. The van der Waals surface area contributed by atoms with Gasteiger partial charge in [-0.05, 0) is 54.8 Å². The van der Waals surface area contributed by atoms with E-state index >= 15 is 0 Å². The second-order valence-electron chi connectivity index (χ2n) is 7.87. The quantitative estimate of drug-likeness (QED) is 0.474. The normalized spacial score (nSPS) is 13.7. The summed E-state index contributed by atoms with van der Waals surface area (Å²) in [6, 6.07) is 21.1. The largest absolute Gasteiger partial charge is 0.486 e. The maximum atomic E-state index is 12.8. The highest BCUT2D eigenvalue weighted by Crippen LogP contribution is 2.32. The van der Waals surface area contributed by atoms with Crippen molar-refractivity contribution < 1.29 is 18.7 Å². The van der Waals surface area contributed by atoms with Crippen molar-refractivity contribution in [1.82, 2.24) is 10.3 Å². The monoisotopic (exact) mass is 428 g/mol. The average Bonchev–Trinajstić information content (AvgIpc) is 3.25. The zero-order valence-corrected chi connectivity index (χ0v) is 17.8. The maximum Gasteiger partial charge on any atom is 0.251 e. The minimum atomic E-state index is -0.190. The van der Waals surface area contributed by atoms with Crippen molar-refractivity contribution in [2.24, 2.45) is 0 Å². The van der Waals surface area contributed by atoms with Crippen LogP contribution in [-0.2, 0) is 12.8 Å². The topological polar surface area (TPSA) is 73.6 Å². The van der Waals surface area contributed by atoms with E-state index < -0.39 is 0 Å². The third-order valence-electron chi connectivity index (χ3n) is 5.58. The zero-order chi connectivity index (χ0) is 21.9. The summed E-state index contributed by atoms with van der Waals surface area (Å²) in [4.78, 5) is 17.4. The van der Waals surface area contributed by atoms with Crippen LogP contribution in [0.2, 0.25) is 0 Å². The predicted molar refractivity (Wildman–Crippen MR) is 121 cm³/mol. The van der Waals surface area contributed by atoms with Crippen LogP contribution in [0, 0.1) is 0 Å². The molecule has 1 N–H and O–H groups in total. The van der Waals surface area contributed by atoms with E-state index in [0.29, 0.717) is 42.4 Å². The van der Waals surface area contributed by atoms with E-state index in [2.05, 4.69) is 22.4 Å². The second kappa shape index (κ2) is 8.75. The van der Waals surface area contributed by atoms with Crippen LogP contribution in [0.15, 0.2) is 71.1 Å². The van der Waals surface area contributed by atoms with E-state index in [0.717, 1.165) is 23.3 Å². The highest BCUT2D eigenvalue weighted by molar-refractivity contribution is 5.97. The molecule has 1 atom stereocenters. The first kappa shape index (κ1) is 20.1. The number of hydrogen-bond acceptors (Lipinski definition) is 5. The van der Waals surface area contributed by atoms with Crippen LogP contribution < -0.4 is 14.8 Å². The Labute approximate surface area is 186 Å². The molecule has 6 nitrogen and oxygen atoms in total. The first-order chi connectivity index (χ1) is 15.7. The molecule has 6 heteroatoms. The number of nitrogens with zero attached hydrogens (tertiary/aromatic N) is 1. The third-order valence-corrected chi connectivity index (χ3v) is 5.58. The van der Waals surface area contributed by atoms with Crippen LogP contribution in [0.1, 0.15) is 40.3 Å². The molecule has 0 radical (unpaired) electrons. The van der Waals surface area contributed by atoms with Crippen molar-refractivity contribution in [3.05, 3.63) is 89.3 Å². The van der Waals surface area contributed by atoms with Gasteiger partial charge >= 0.3 is 0 Å². The summed E-state index contributed by atoms with van der Waals surface area (Å²) in [6.45, 7) is 3.02. The minimum Gasteiger partial charge on any atom is -0.486 e. The fourth-order valence-corrected chi connectivity index (χ4v) is 3.81. The van der Waals surface area contributed by atoms with Gasteiger partial charge in [0.05, 0.1) is 6.04 Å². The Bertz CT molecular complexity index is 1250. The average molecular weight is 428 g/mol. The van der Waals surface area contributed by atoms with Crippen LogP contribution in [0.5, 0.6) is 11.5 Å². The number of benzene rings is 3. The predicted octanol–water partition coefficient (Wildman–Crippen LogP) is 4.88. The second-order valence-corrected chi connectivity index (χ2v) is 7.87. The molecule has 0 saturated heterocycles. The molecule has 0 aliphatic carbocycles. The summed E-state index contributed by atoms with van der Waals surface area (Å²) >= 11 is 0. The first-order valence-corrected chi connectivity index (χ1v) is 10.8. The molecule has 0 spiro atoms. The molecule has 2 heterocycles. The van der Waals surface area contributed by atoms with Crippen molar-refractivity contribution in [2.45, 2.75) is 25.8 Å². The molecule has 162 valence electrons. The third kappa shape index (κ3) is 4.30. The summed E-state index contributed by atoms with van der Waals surface area (Å²) in [5, 5.41) is 3.04. The van der Waals surface area contributed by atoms with Gasteiger partial charge in [0.15, 0.2) is 23.0 Å². The van der Waals surface area contributed by atoms with Crippen LogP contribution in [-0.4, -0.2) is 24.1 Å². The molecule has 4 aromatic rings. The number of fused-ring (bicyclic) bond motifs is 2. The maximum absolute atomic E-state index is 12.8. The zero-order valence-electron chi connectivity index (χ0n) is 17.8. The number of hydrogen-bond donors (Lipinski definition) is 1. The van der Waals surface area contributed by atoms with Gasteiger partial charge in [0, 0.05) is 12.0 Å². The lowest BCUT2D eigenvalue weighted by Gasteiger charge is -2.21. The standard InChI is InChI=1S/C26H24N2O4/c1-17(19-9-11-22-24(15-19)31-14-13-30-22)27-26(29)20-8-10-21-23(16-20)32-25(28-21)12-7-18-5-3-2-4-6-18/h2-6,8-11,15-17H,7,12-14H2,1H3,(H,27,29). The van der Waals surface area contributed by atoms with E-state index in [-0.39, 0.29) is 11.9 Å². The molecule has 1 aliphatic heterocycles. The number of oxazole rings is 1. The molecule has 1 aliphatic rings. The summed E-state index contributed by atoms with van der Waals surface area (Å²) in [5.74, 6) is 1.95. The molecule has 0 fully saturated rings. The van der Waals surface area contributed by atoms with Gasteiger partial charge in [0.1, 0.15) is 18.7 Å². The Morgan fingerprint density at radius 1 is 0.969 bits per heavy atom. The number of ether oxygens (including phenoxy) is 2. The summed E-state index contributed by atoms with van der Waals surface area (Å²) in [7, 11) is 0. The van der Waals surface area contributed by atoms with Gasteiger partial charge in [-0.15, -0.1) is 0 Å². The summed E-state index contributed by atoms with van der Waals surface area (Å²) in [6.07, 6.45) is 1.56. The molecular formula is C26H24N2O4. The van der Waals surface area contributed by atoms with Crippen molar-refractivity contribution in [2.75, 3.05) is 13.2 Å². The SMILES string of the molecule is CC(NC(=O)c1ccc2nc(CCc3ccccc3)oc2c1)c1ccc2c(c1)OCCO2. The van der Waals surface area contributed by atoms with Gasteiger partial charge < -0.3 is 19.2 Å². The number of nitrogens with one attached hydrogen (secondary N) is 1. The molecule has 1 amide bonds. The molecule has 1 unspecified atom stereocenters. The van der Waals surface area contributed by atoms with Crippen LogP contribution in [0.4, 0.5) is 0 Å². The Kier molecular flexibility index (Phi) is 5.50. The van der Waals surface area contributed by atoms with Crippen molar-refractivity contribution in [3.63, 3.8) is 0 Å². The Hall–Kier alpha value is -3.80.